The molecule has 0 unspecified atom stereocenters. The van der Waals surface area contributed by atoms with E-state index in [1.54, 1.807) is 6.20 Å². The van der Waals surface area contributed by atoms with Gasteiger partial charge in [-0.1, -0.05) is 15.9 Å². The SMILES string of the molecule is Cn1ccnc1CN(C(=O)c1cc(Br)ccc1Br)C1CC1. The zero-order chi connectivity index (χ0) is 15.0. The van der Waals surface area contributed by atoms with E-state index < -0.39 is 0 Å². The average Bonchev–Trinajstić information content (AvgIpc) is 3.22. The van der Waals surface area contributed by atoms with Crippen molar-refractivity contribution in [2.75, 3.05) is 0 Å². The van der Waals surface area contributed by atoms with E-state index in [9.17, 15) is 4.79 Å². The Balaban J connectivity index is 1.88. The summed E-state index contributed by atoms with van der Waals surface area (Å²) in [6, 6.07) is 6.00. The zero-order valence-corrected chi connectivity index (χ0v) is 14.8. The molecule has 1 aromatic heterocycles. The van der Waals surface area contributed by atoms with Gasteiger partial charge < -0.3 is 9.47 Å². The van der Waals surface area contributed by atoms with Gasteiger partial charge in [0.1, 0.15) is 5.82 Å². The van der Waals surface area contributed by atoms with Crippen LogP contribution in [0.4, 0.5) is 0 Å². The Kier molecular flexibility index (Phi) is 4.17. The van der Waals surface area contributed by atoms with Gasteiger partial charge in [-0.2, -0.15) is 0 Å². The Morgan fingerprint density at radius 2 is 2.19 bits per heavy atom. The molecule has 0 atom stereocenters. The topological polar surface area (TPSA) is 38.1 Å². The van der Waals surface area contributed by atoms with Gasteiger partial charge in [0.2, 0.25) is 0 Å². The minimum absolute atomic E-state index is 0.0497. The van der Waals surface area contributed by atoms with E-state index in [1.165, 1.54) is 0 Å². The maximum Gasteiger partial charge on any atom is 0.255 e. The molecule has 0 aliphatic heterocycles. The molecule has 6 heteroatoms. The van der Waals surface area contributed by atoms with Crippen LogP contribution < -0.4 is 0 Å². The fourth-order valence-corrected chi connectivity index (χ4v) is 3.05. The minimum atomic E-state index is 0.0497. The van der Waals surface area contributed by atoms with E-state index in [0.29, 0.717) is 18.2 Å². The summed E-state index contributed by atoms with van der Waals surface area (Å²) >= 11 is 6.90. The van der Waals surface area contributed by atoms with Gasteiger partial charge in [0.15, 0.2) is 0 Å². The molecule has 1 aromatic carbocycles. The summed E-state index contributed by atoms with van der Waals surface area (Å²) in [6.45, 7) is 0.548. The van der Waals surface area contributed by atoms with Crippen LogP contribution >= 0.6 is 31.9 Å². The molecule has 3 rings (SSSR count). The third-order valence-electron chi connectivity index (χ3n) is 3.64. The van der Waals surface area contributed by atoms with E-state index in [-0.39, 0.29) is 5.91 Å². The monoisotopic (exact) mass is 411 g/mol. The van der Waals surface area contributed by atoms with E-state index in [2.05, 4.69) is 36.8 Å². The average molecular weight is 413 g/mol. The number of nitrogens with zero attached hydrogens (tertiary/aromatic N) is 3. The molecule has 2 aromatic rings. The number of aromatic nitrogens is 2. The van der Waals surface area contributed by atoms with Gasteiger partial charge >= 0.3 is 0 Å². The van der Waals surface area contributed by atoms with E-state index in [1.807, 2.05) is 40.9 Å². The Bertz CT molecular complexity index is 679. The largest absolute Gasteiger partial charge is 0.337 e. The minimum Gasteiger partial charge on any atom is -0.337 e. The summed E-state index contributed by atoms with van der Waals surface area (Å²) in [4.78, 5) is 19.1. The number of hydrogen-bond acceptors (Lipinski definition) is 2. The lowest BCUT2D eigenvalue weighted by atomic mass is 10.2. The molecule has 1 amide bonds. The zero-order valence-electron chi connectivity index (χ0n) is 11.6. The first-order valence-electron chi connectivity index (χ1n) is 6.78. The molecule has 0 radical (unpaired) electrons. The van der Waals surface area contributed by atoms with Gasteiger partial charge in [0, 0.05) is 34.4 Å². The number of rotatable bonds is 4. The highest BCUT2D eigenvalue weighted by Gasteiger charge is 2.34. The molecule has 4 nitrogen and oxygen atoms in total. The lowest BCUT2D eigenvalue weighted by Crippen LogP contribution is -2.33. The van der Waals surface area contributed by atoms with Crippen molar-refractivity contribution in [2.24, 2.45) is 7.05 Å². The van der Waals surface area contributed by atoms with Crippen LogP contribution in [-0.2, 0) is 13.6 Å². The first-order valence-corrected chi connectivity index (χ1v) is 8.37. The second-order valence-corrected chi connectivity index (χ2v) is 7.01. The van der Waals surface area contributed by atoms with Gasteiger partial charge in [-0.05, 0) is 47.0 Å². The molecule has 0 bridgehead atoms. The highest BCUT2D eigenvalue weighted by atomic mass is 79.9. The number of carbonyl (C=O) groups is 1. The summed E-state index contributed by atoms with van der Waals surface area (Å²) in [5.41, 5.74) is 0.686. The van der Waals surface area contributed by atoms with Gasteiger partial charge in [-0.3, -0.25) is 4.79 Å². The van der Waals surface area contributed by atoms with Crippen LogP contribution in [0.15, 0.2) is 39.5 Å². The highest BCUT2D eigenvalue weighted by molar-refractivity contribution is 9.11. The molecule has 0 saturated heterocycles. The molecule has 0 spiro atoms. The lowest BCUT2D eigenvalue weighted by Gasteiger charge is -2.23. The standard InChI is InChI=1S/C15H15Br2N3O/c1-19-7-6-18-14(19)9-20(11-3-4-11)15(21)12-8-10(16)2-5-13(12)17/h2,5-8,11H,3-4,9H2,1H3. The van der Waals surface area contributed by atoms with Crippen LogP contribution in [0.25, 0.3) is 0 Å². The lowest BCUT2D eigenvalue weighted by molar-refractivity contribution is 0.0723. The maximum absolute atomic E-state index is 12.9. The van der Waals surface area contributed by atoms with Crippen molar-refractivity contribution < 1.29 is 4.79 Å². The fourth-order valence-electron chi connectivity index (χ4n) is 2.27. The Hall–Kier alpha value is -1.14. The quantitative estimate of drug-likeness (QED) is 0.766. The second-order valence-electron chi connectivity index (χ2n) is 5.24. The molecular weight excluding hydrogens is 398 g/mol. The molecule has 1 heterocycles. The predicted octanol–water partition coefficient (Wildman–Crippen LogP) is 3.75. The summed E-state index contributed by atoms with van der Waals surface area (Å²) in [5, 5.41) is 0. The van der Waals surface area contributed by atoms with Crippen molar-refractivity contribution in [3.05, 3.63) is 50.9 Å². The number of hydrogen-bond donors (Lipinski definition) is 0. The van der Waals surface area contributed by atoms with Crippen molar-refractivity contribution in [1.29, 1.82) is 0 Å². The van der Waals surface area contributed by atoms with Crippen molar-refractivity contribution in [2.45, 2.75) is 25.4 Å². The summed E-state index contributed by atoms with van der Waals surface area (Å²) in [5.74, 6) is 0.954. The van der Waals surface area contributed by atoms with Crippen LogP contribution in [0, 0.1) is 0 Å². The van der Waals surface area contributed by atoms with Crippen molar-refractivity contribution >= 4 is 37.8 Å². The maximum atomic E-state index is 12.9. The van der Waals surface area contributed by atoms with Crippen molar-refractivity contribution in [1.82, 2.24) is 14.5 Å². The molecule has 1 fully saturated rings. The number of aryl methyl sites for hydroxylation is 1. The van der Waals surface area contributed by atoms with Crippen LogP contribution in [0.5, 0.6) is 0 Å². The first kappa shape index (κ1) is 14.8. The van der Waals surface area contributed by atoms with Crippen molar-refractivity contribution in [3.63, 3.8) is 0 Å². The number of benzene rings is 1. The molecule has 1 saturated carbocycles. The van der Waals surface area contributed by atoms with Gasteiger partial charge in [0.25, 0.3) is 5.91 Å². The summed E-state index contributed by atoms with van der Waals surface area (Å²) in [7, 11) is 1.95. The fraction of sp³-hybridized carbons (Fsp3) is 0.333. The number of imidazole rings is 1. The number of halogens is 2. The molecule has 110 valence electrons. The summed E-state index contributed by atoms with van der Waals surface area (Å²) < 4.78 is 3.68. The molecular formula is C15H15Br2N3O. The van der Waals surface area contributed by atoms with Gasteiger partial charge in [0.05, 0.1) is 12.1 Å². The van der Waals surface area contributed by atoms with Crippen LogP contribution in [-0.4, -0.2) is 26.4 Å². The number of amides is 1. The normalized spacial score (nSPS) is 14.2. The van der Waals surface area contributed by atoms with E-state index >= 15 is 0 Å². The molecule has 0 N–H and O–H groups in total. The molecule has 1 aliphatic rings. The van der Waals surface area contributed by atoms with E-state index in [0.717, 1.165) is 27.6 Å². The van der Waals surface area contributed by atoms with Crippen LogP contribution in [0.1, 0.15) is 29.0 Å². The first-order chi connectivity index (χ1) is 10.1. The molecule has 21 heavy (non-hydrogen) atoms. The summed E-state index contributed by atoms with van der Waals surface area (Å²) in [6.07, 6.45) is 5.81. The van der Waals surface area contributed by atoms with Gasteiger partial charge in [-0.15, -0.1) is 0 Å². The third kappa shape index (κ3) is 3.21. The Morgan fingerprint density at radius 1 is 1.43 bits per heavy atom. The Labute approximate surface area is 140 Å². The highest BCUT2D eigenvalue weighted by Crippen LogP contribution is 2.31. The predicted molar refractivity (Wildman–Crippen MR) is 87.9 cm³/mol. The van der Waals surface area contributed by atoms with Crippen molar-refractivity contribution in [3.8, 4) is 0 Å². The molecule has 1 aliphatic carbocycles. The van der Waals surface area contributed by atoms with Crippen LogP contribution in [0.3, 0.4) is 0 Å². The third-order valence-corrected chi connectivity index (χ3v) is 4.82. The van der Waals surface area contributed by atoms with Gasteiger partial charge in [-0.25, -0.2) is 4.98 Å². The van der Waals surface area contributed by atoms with E-state index in [4.69, 9.17) is 0 Å². The van der Waals surface area contributed by atoms with Crippen LogP contribution in [0.2, 0.25) is 0 Å². The second kappa shape index (κ2) is 5.93. The number of carbonyl (C=O) groups excluding carboxylic acids is 1. The smallest absolute Gasteiger partial charge is 0.255 e. The Morgan fingerprint density at radius 3 is 2.81 bits per heavy atom.